The van der Waals surface area contributed by atoms with Crippen LogP contribution in [0.4, 0.5) is 11.5 Å². The number of nitrogens with one attached hydrogen (secondary N) is 2. The van der Waals surface area contributed by atoms with Crippen LogP contribution in [0, 0.1) is 0 Å². The summed E-state index contributed by atoms with van der Waals surface area (Å²) in [6.45, 7) is 4.90. The SMILES string of the molecule is CCC(C)c1ccc(NC(=S)Nc2nn(Cc3ccc(Cl)c(Cl)c3)cc2Cl)cc1. The molecule has 3 rings (SSSR count). The van der Waals surface area contributed by atoms with Crippen LogP contribution in [-0.4, -0.2) is 14.9 Å². The van der Waals surface area contributed by atoms with Crippen molar-refractivity contribution in [2.75, 3.05) is 10.6 Å². The Hall–Kier alpha value is -1.79. The minimum absolute atomic E-state index is 0.419. The molecule has 0 spiro atoms. The Morgan fingerprint density at radius 2 is 1.76 bits per heavy atom. The Kier molecular flexibility index (Phi) is 7.41. The van der Waals surface area contributed by atoms with Crippen molar-refractivity contribution in [3.8, 4) is 0 Å². The summed E-state index contributed by atoms with van der Waals surface area (Å²) in [4.78, 5) is 0. The lowest BCUT2D eigenvalue weighted by Gasteiger charge is -2.12. The Balaban J connectivity index is 1.62. The molecule has 0 aliphatic carbocycles. The van der Waals surface area contributed by atoms with Crippen LogP contribution in [0.5, 0.6) is 0 Å². The first-order valence-corrected chi connectivity index (χ1v) is 10.7. The predicted molar refractivity (Wildman–Crippen MR) is 128 cm³/mol. The molecule has 8 heteroatoms. The van der Waals surface area contributed by atoms with Crippen LogP contribution in [0.15, 0.2) is 48.7 Å². The van der Waals surface area contributed by atoms with E-state index in [4.69, 9.17) is 47.0 Å². The van der Waals surface area contributed by atoms with Gasteiger partial charge in [-0.05, 0) is 59.9 Å². The molecule has 0 bridgehead atoms. The van der Waals surface area contributed by atoms with Crippen LogP contribution in [0.3, 0.4) is 0 Å². The van der Waals surface area contributed by atoms with Gasteiger partial charge < -0.3 is 10.6 Å². The molecule has 0 aliphatic heterocycles. The van der Waals surface area contributed by atoms with E-state index in [2.05, 4.69) is 41.7 Å². The molecule has 3 aromatic rings. The van der Waals surface area contributed by atoms with Gasteiger partial charge in [-0.3, -0.25) is 4.68 Å². The zero-order chi connectivity index (χ0) is 21.0. The highest BCUT2D eigenvalue weighted by atomic mass is 35.5. The van der Waals surface area contributed by atoms with E-state index in [0.717, 1.165) is 17.7 Å². The minimum Gasteiger partial charge on any atom is -0.332 e. The van der Waals surface area contributed by atoms with E-state index in [1.54, 1.807) is 16.9 Å². The molecule has 29 heavy (non-hydrogen) atoms. The first-order valence-electron chi connectivity index (χ1n) is 9.20. The number of benzene rings is 2. The number of anilines is 2. The molecule has 0 aliphatic rings. The molecule has 1 aromatic heterocycles. The molecule has 2 N–H and O–H groups in total. The van der Waals surface area contributed by atoms with Crippen LogP contribution in [0.1, 0.15) is 37.3 Å². The number of aromatic nitrogens is 2. The maximum absolute atomic E-state index is 6.31. The average molecular weight is 468 g/mol. The van der Waals surface area contributed by atoms with Crippen molar-refractivity contribution in [3.63, 3.8) is 0 Å². The van der Waals surface area contributed by atoms with Crippen LogP contribution < -0.4 is 10.6 Å². The summed E-state index contributed by atoms with van der Waals surface area (Å²) in [5.41, 5.74) is 3.18. The van der Waals surface area contributed by atoms with Gasteiger partial charge in [0, 0.05) is 11.9 Å². The van der Waals surface area contributed by atoms with Gasteiger partial charge in [0.2, 0.25) is 0 Å². The fourth-order valence-corrected chi connectivity index (χ4v) is 3.52. The summed E-state index contributed by atoms with van der Waals surface area (Å²) in [7, 11) is 0. The second-order valence-electron chi connectivity index (χ2n) is 6.78. The van der Waals surface area contributed by atoms with Crippen LogP contribution in [0.2, 0.25) is 15.1 Å². The molecule has 2 aromatic carbocycles. The lowest BCUT2D eigenvalue weighted by atomic mass is 9.99. The summed E-state index contributed by atoms with van der Waals surface area (Å²) in [5.74, 6) is 1.02. The van der Waals surface area contributed by atoms with Gasteiger partial charge in [0.1, 0.15) is 5.02 Å². The van der Waals surface area contributed by atoms with Crippen molar-refractivity contribution < 1.29 is 0 Å². The maximum Gasteiger partial charge on any atom is 0.176 e. The monoisotopic (exact) mass is 466 g/mol. The van der Waals surface area contributed by atoms with Gasteiger partial charge in [0.25, 0.3) is 0 Å². The second-order valence-corrected chi connectivity index (χ2v) is 8.41. The maximum atomic E-state index is 6.31. The number of hydrogen-bond acceptors (Lipinski definition) is 2. The lowest BCUT2D eigenvalue weighted by Crippen LogP contribution is -2.19. The second kappa shape index (κ2) is 9.81. The van der Waals surface area contributed by atoms with Crippen molar-refractivity contribution in [1.82, 2.24) is 9.78 Å². The molecule has 0 amide bonds. The van der Waals surface area contributed by atoms with Gasteiger partial charge >= 0.3 is 0 Å². The Morgan fingerprint density at radius 3 is 2.41 bits per heavy atom. The molecule has 0 saturated heterocycles. The van der Waals surface area contributed by atoms with Crippen LogP contribution in [0.25, 0.3) is 0 Å². The highest BCUT2D eigenvalue weighted by molar-refractivity contribution is 7.80. The van der Waals surface area contributed by atoms with Crippen molar-refractivity contribution in [2.45, 2.75) is 32.7 Å². The quantitative estimate of drug-likeness (QED) is 0.376. The van der Waals surface area contributed by atoms with Crippen molar-refractivity contribution in [1.29, 1.82) is 0 Å². The average Bonchev–Trinajstić information content (AvgIpc) is 3.03. The van der Waals surface area contributed by atoms with Crippen molar-refractivity contribution >= 4 is 63.6 Å². The van der Waals surface area contributed by atoms with Gasteiger partial charge in [-0.15, -0.1) is 0 Å². The largest absolute Gasteiger partial charge is 0.332 e. The Morgan fingerprint density at radius 1 is 1.03 bits per heavy atom. The topological polar surface area (TPSA) is 41.9 Å². The van der Waals surface area contributed by atoms with E-state index >= 15 is 0 Å². The third-order valence-corrected chi connectivity index (χ3v) is 5.85. The molecule has 1 unspecified atom stereocenters. The van der Waals surface area contributed by atoms with E-state index < -0.39 is 0 Å². The Labute approximate surface area is 191 Å². The van der Waals surface area contributed by atoms with Gasteiger partial charge in [0.15, 0.2) is 10.9 Å². The summed E-state index contributed by atoms with van der Waals surface area (Å²) in [5, 5.41) is 12.6. The summed E-state index contributed by atoms with van der Waals surface area (Å²) in [6.07, 6.45) is 2.84. The summed E-state index contributed by atoms with van der Waals surface area (Å²) in [6, 6.07) is 13.7. The lowest BCUT2D eigenvalue weighted by molar-refractivity contribution is 0.690. The summed E-state index contributed by atoms with van der Waals surface area (Å²) < 4.78 is 1.72. The zero-order valence-electron chi connectivity index (χ0n) is 16.0. The first kappa shape index (κ1) is 21.9. The first-order chi connectivity index (χ1) is 13.9. The van der Waals surface area contributed by atoms with Gasteiger partial charge in [0.05, 0.1) is 16.6 Å². The minimum atomic E-state index is 0.419. The van der Waals surface area contributed by atoms with Gasteiger partial charge in [-0.2, -0.15) is 5.10 Å². The number of nitrogens with zero attached hydrogens (tertiary/aromatic N) is 2. The van der Waals surface area contributed by atoms with E-state index in [1.165, 1.54) is 5.56 Å². The fraction of sp³-hybridized carbons (Fsp3) is 0.238. The number of thiocarbonyl (C=S) groups is 1. The zero-order valence-corrected chi connectivity index (χ0v) is 19.1. The standard InChI is InChI=1S/C21H21Cl3N4S/c1-3-13(2)15-5-7-16(8-6-15)25-21(29)26-20-19(24)12-28(27-20)11-14-4-9-17(22)18(23)10-14/h4-10,12-13H,3,11H2,1-2H3,(H2,25,26,27,29). The fourth-order valence-electron chi connectivity index (χ4n) is 2.79. The number of rotatable bonds is 6. The molecule has 1 heterocycles. The van der Waals surface area contributed by atoms with Crippen LogP contribution in [-0.2, 0) is 6.54 Å². The van der Waals surface area contributed by atoms with Crippen LogP contribution >= 0.6 is 47.0 Å². The third kappa shape index (κ3) is 5.86. The summed E-state index contributed by atoms with van der Waals surface area (Å²) >= 11 is 23.7. The highest BCUT2D eigenvalue weighted by Crippen LogP contribution is 2.25. The highest BCUT2D eigenvalue weighted by Gasteiger charge is 2.10. The third-order valence-electron chi connectivity index (χ3n) is 4.63. The van der Waals surface area contributed by atoms with E-state index in [0.29, 0.717) is 38.5 Å². The molecular weight excluding hydrogens is 447 g/mol. The molecule has 0 fully saturated rings. The normalized spacial score (nSPS) is 11.9. The van der Waals surface area contributed by atoms with Crippen molar-refractivity contribution in [3.05, 3.63) is 74.9 Å². The molecule has 0 radical (unpaired) electrons. The van der Waals surface area contributed by atoms with Gasteiger partial charge in [-0.25, -0.2) is 0 Å². The molecule has 152 valence electrons. The van der Waals surface area contributed by atoms with E-state index in [1.807, 2.05) is 24.3 Å². The van der Waals surface area contributed by atoms with Gasteiger partial charge in [-0.1, -0.05) is 66.8 Å². The van der Waals surface area contributed by atoms with E-state index in [-0.39, 0.29) is 0 Å². The van der Waals surface area contributed by atoms with Crippen molar-refractivity contribution in [2.24, 2.45) is 0 Å². The molecule has 4 nitrogen and oxygen atoms in total. The molecule has 1 atom stereocenters. The Bertz CT molecular complexity index is 1000. The molecule has 0 saturated carbocycles. The number of hydrogen-bond donors (Lipinski definition) is 2. The predicted octanol–water partition coefficient (Wildman–Crippen LogP) is 7.21. The molecular formula is C21H21Cl3N4S. The smallest absolute Gasteiger partial charge is 0.176 e. The van der Waals surface area contributed by atoms with E-state index in [9.17, 15) is 0 Å². The number of halogens is 3.